The number of nitrogens with zero attached hydrogens (tertiary/aromatic N) is 3. The first-order valence-corrected chi connectivity index (χ1v) is 8.29. The fourth-order valence-corrected chi connectivity index (χ4v) is 2.63. The summed E-state index contributed by atoms with van der Waals surface area (Å²) in [6.07, 6.45) is 0. The highest BCUT2D eigenvalue weighted by molar-refractivity contribution is 6.31. The maximum absolute atomic E-state index is 12.4. The Labute approximate surface area is 155 Å². The maximum Gasteiger partial charge on any atom is 0.275 e. The second-order valence-electron chi connectivity index (χ2n) is 5.61. The fraction of sp³-hybridized carbons (Fsp3) is 0.167. The molecule has 7 nitrogen and oxygen atoms in total. The third-order valence-electron chi connectivity index (χ3n) is 3.85. The minimum absolute atomic E-state index is 0.0833. The van der Waals surface area contributed by atoms with Gasteiger partial charge in [0.05, 0.1) is 13.7 Å². The van der Waals surface area contributed by atoms with E-state index in [-0.39, 0.29) is 11.5 Å². The number of nitrogen functional groups attached to an aromatic ring is 1. The number of hydrogen-bond donors (Lipinski definition) is 2. The molecule has 0 atom stereocenters. The number of methoxy groups -OCH3 is 1. The fourth-order valence-electron chi connectivity index (χ4n) is 2.44. The van der Waals surface area contributed by atoms with E-state index in [9.17, 15) is 4.79 Å². The van der Waals surface area contributed by atoms with Crippen LogP contribution < -0.4 is 15.8 Å². The molecule has 3 N–H and O–H groups in total. The van der Waals surface area contributed by atoms with Crippen molar-refractivity contribution in [2.24, 2.45) is 0 Å². The summed E-state index contributed by atoms with van der Waals surface area (Å²) in [7, 11) is 1.59. The van der Waals surface area contributed by atoms with E-state index in [0.29, 0.717) is 18.1 Å². The third kappa shape index (κ3) is 3.94. The SMILES string of the molecule is COc1cccc(CNC(=O)c2nnn(Cc3ccccc3Cl)c2N)c1. The second kappa shape index (κ2) is 7.88. The van der Waals surface area contributed by atoms with Crippen molar-refractivity contribution < 1.29 is 9.53 Å². The van der Waals surface area contributed by atoms with Crippen LogP contribution in [-0.4, -0.2) is 28.0 Å². The molecule has 0 fully saturated rings. The van der Waals surface area contributed by atoms with E-state index in [2.05, 4.69) is 15.6 Å². The Balaban J connectivity index is 1.68. The van der Waals surface area contributed by atoms with Gasteiger partial charge in [-0.2, -0.15) is 0 Å². The van der Waals surface area contributed by atoms with Crippen LogP contribution in [0.1, 0.15) is 21.6 Å². The van der Waals surface area contributed by atoms with Crippen molar-refractivity contribution in [2.75, 3.05) is 12.8 Å². The number of nitrogens with two attached hydrogens (primary N) is 1. The molecule has 1 aromatic heterocycles. The molecule has 0 radical (unpaired) electrons. The van der Waals surface area contributed by atoms with Gasteiger partial charge in [0.25, 0.3) is 5.91 Å². The van der Waals surface area contributed by atoms with Crippen LogP contribution in [0.2, 0.25) is 5.02 Å². The summed E-state index contributed by atoms with van der Waals surface area (Å²) in [6, 6.07) is 14.8. The number of ether oxygens (including phenoxy) is 1. The van der Waals surface area contributed by atoms with E-state index in [1.807, 2.05) is 42.5 Å². The molecule has 2 aromatic carbocycles. The molecular formula is C18H18ClN5O2. The van der Waals surface area contributed by atoms with Crippen LogP contribution in [0, 0.1) is 0 Å². The van der Waals surface area contributed by atoms with Crippen molar-refractivity contribution in [1.82, 2.24) is 20.3 Å². The third-order valence-corrected chi connectivity index (χ3v) is 4.22. The van der Waals surface area contributed by atoms with Gasteiger partial charge in [-0.15, -0.1) is 5.10 Å². The zero-order valence-corrected chi connectivity index (χ0v) is 14.9. The van der Waals surface area contributed by atoms with Gasteiger partial charge in [-0.1, -0.05) is 47.1 Å². The van der Waals surface area contributed by atoms with Gasteiger partial charge in [0.1, 0.15) is 5.75 Å². The molecule has 1 amide bonds. The second-order valence-corrected chi connectivity index (χ2v) is 6.01. The predicted molar refractivity (Wildman–Crippen MR) is 99.2 cm³/mol. The molecular weight excluding hydrogens is 354 g/mol. The van der Waals surface area contributed by atoms with Crippen LogP contribution in [-0.2, 0) is 13.1 Å². The number of carbonyl (C=O) groups is 1. The lowest BCUT2D eigenvalue weighted by Gasteiger charge is -2.07. The van der Waals surface area contributed by atoms with Gasteiger partial charge in [-0.05, 0) is 29.3 Å². The van der Waals surface area contributed by atoms with Crippen LogP contribution in [0.25, 0.3) is 0 Å². The maximum atomic E-state index is 12.4. The van der Waals surface area contributed by atoms with Crippen LogP contribution in [0.4, 0.5) is 5.82 Å². The van der Waals surface area contributed by atoms with E-state index in [4.69, 9.17) is 22.1 Å². The summed E-state index contributed by atoms with van der Waals surface area (Å²) in [4.78, 5) is 12.4. The van der Waals surface area contributed by atoms with Crippen LogP contribution in [0.15, 0.2) is 48.5 Å². The largest absolute Gasteiger partial charge is 0.497 e. The number of halogens is 1. The topological polar surface area (TPSA) is 95.1 Å². The van der Waals surface area contributed by atoms with Gasteiger partial charge < -0.3 is 15.8 Å². The van der Waals surface area contributed by atoms with Crippen molar-refractivity contribution in [2.45, 2.75) is 13.1 Å². The molecule has 0 saturated heterocycles. The zero-order valence-electron chi connectivity index (χ0n) is 14.1. The Kier molecular flexibility index (Phi) is 5.38. The molecule has 8 heteroatoms. The number of amides is 1. The highest BCUT2D eigenvalue weighted by Crippen LogP contribution is 2.18. The van der Waals surface area contributed by atoms with Crippen molar-refractivity contribution in [3.63, 3.8) is 0 Å². The predicted octanol–water partition coefficient (Wildman–Crippen LogP) is 2.50. The lowest BCUT2D eigenvalue weighted by atomic mass is 10.2. The van der Waals surface area contributed by atoms with Gasteiger partial charge >= 0.3 is 0 Å². The summed E-state index contributed by atoms with van der Waals surface area (Å²) in [5, 5.41) is 11.2. The molecule has 0 aliphatic rings. The van der Waals surface area contributed by atoms with E-state index in [1.54, 1.807) is 13.2 Å². The molecule has 0 bridgehead atoms. The molecule has 134 valence electrons. The molecule has 0 saturated carbocycles. The Morgan fingerprint density at radius 1 is 1.27 bits per heavy atom. The quantitative estimate of drug-likeness (QED) is 0.694. The minimum atomic E-state index is -0.393. The van der Waals surface area contributed by atoms with Crippen LogP contribution in [0.5, 0.6) is 5.75 Å². The highest BCUT2D eigenvalue weighted by atomic mass is 35.5. The number of anilines is 1. The number of rotatable bonds is 6. The average molecular weight is 372 g/mol. The van der Waals surface area contributed by atoms with Crippen LogP contribution in [0.3, 0.4) is 0 Å². The number of aromatic nitrogens is 3. The Bertz CT molecular complexity index is 925. The van der Waals surface area contributed by atoms with E-state index in [0.717, 1.165) is 16.9 Å². The van der Waals surface area contributed by atoms with Crippen molar-refractivity contribution >= 4 is 23.3 Å². The summed E-state index contributed by atoms with van der Waals surface area (Å²) in [5.74, 6) is 0.519. The monoisotopic (exact) mass is 371 g/mol. The molecule has 1 heterocycles. The first kappa shape index (κ1) is 17.8. The molecule has 3 aromatic rings. The van der Waals surface area contributed by atoms with E-state index in [1.165, 1.54) is 4.68 Å². The summed E-state index contributed by atoms with van der Waals surface area (Å²) in [6.45, 7) is 0.661. The summed E-state index contributed by atoms with van der Waals surface area (Å²) >= 11 is 6.15. The molecule has 0 aliphatic heterocycles. The lowest BCUT2D eigenvalue weighted by molar-refractivity contribution is 0.0946. The van der Waals surface area contributed by atoms with Crippen molar-refractivity contribution in [1.29, 1.82) is 0 Å². The summed E-state index contributed by atoms with van der Waals surface area (Å²) in [5.41, 5.74) is 7.86. The Morgan fingerprint density at radius 3 is 2.85 bits per heavy atom. The molecule has 3 rings (SSSR count). The highest BCUT2D eigenvalue weighted by Gasteiger charge is 2.18. The van der Waals surface area contributed by atoms with E-state index < -0.39 is 5.91 Å². The Morgan fingerprint density at radius 2 is 2.08 bits per heavy atom. The molecule has 0 unspecified atom stereocenters. The Hall–Kier alpha value is -3.06. The van der Waals surface area contributed by atoms with E-state index >= 15 is 0 Å². The number of benzene rings is 2. The molecule has 0 aliphatic carbocycles. The average Bonchev–Trinajstić information content (AvgIpc) is 3.02. The van der Waals surface area contributed by atoms with Gasteiger partial charge in [-0.3, -0.25) is 4.79 Å². The lowest BCUT2D eigenvalue weighted by Crippen LogP contribution is -2.24. The van der Waals surface area contributed by atoms with Gasteiger partial charge in [0.15, 0.2) is 11.5 Å². The van der Waals surface area contributed by atoms with Gasteiger partial charge in [-0.25, -0.2) is 4.68 Å². The smallest absolute Gasteiger partial charge is 0.275 e. The normalized spacial score (nSPS) is 10.5. The first-order valence-electron chi connectivity index (χ1n) is 7.92. The number of carbonyl (C=O) groups excluding carboxylic acids is 1. The molecule has 0 spiro atoms. The number of nitrogens with one attached hydrogen (secondary N) is 1. The van der Waals surface area contributed by atoms with Gasteiger partial charge in [0, 0.05) is 11.6 Å². The number of hydrogen-bond acceptors (Lipinski definition) is 5. The first-order chi connectivity index (χ1) is 12.6. The summed E-state index contributed by atoms with van der Waals surface area (Å²) < 4.78 is 6.61. The van der Waals surface area contributed by atoms with Crippen LogP contribution >= 0.6 is 11.6 Å². The standard InChI is InChI=1S/C18H18ClN5O2/c1-26-14-7-4-5-12(9-14)10-21-18(25)16-17(20)24(23-22-16)11-13-6-2-3-8-15(13)19/h2-9H,10-11,20H2,1H3,(H,21,25). The van der Waals surface area contributed by atoms with Crippen molar-refractivity contribution in [3.8, 4) is 5.75 Å². The van der Waals surface area contributed by atoms with Gasteiger partial charge in [0.2, 0.25) is 0 Å². The minimum Gasteiger partial charge on any atom is -0.497 e. The zero-order chi connectivity index (χ0) is 18.5. The van der Waals surface area contributed by atoms with Crippen molar-refractivity contribution in [3.05, 3.63) is 70.4 Å². The molecule has 26 heavy (non-hydrogen) atoms.